The quantitative estimate of drug-likeness (QED) is 0.918. The third kappa shape index (κ3) is 2.71. The number of halogens is 1. The Morgan fingerprint density at radius 3 is 2.57 bits per heavy atom. The fourth-order valence-corrected chi connectivity index (χ4v) is 2.82. The lowest BCUT2D eigenvalue weighted by Crippen LogP contribution is -2.39. The topological polar surface area (TPSA) is 44.5 Å². The molecule has 2 aromatic carbocycles. The summed E-state index contributed by atoms with van der Waals surface area (Å²) in [5.74, 6) is 1.48. The Morgan fingerprint density at radius 2 is 1.81 bits per heavy atom. The first-order valence-electron chi connectivity index (χ1n) is 6.97. The van der Waals surface area contributed by atoms with Gasteiger partial charge in [-0.25, -0.2) is 0 Å². The zero-order valence-corrected chi connectivity index (χ0v) is 12.9. The molecule has 0 aliphatic carbocycles. The molecule has 0 amide bonds. The molecule has 2 atom stereocenters. The molecule has 2 aromatic rings. The lowest BCUT2D eigenvalue weighted by molar-refractivity contribution is 0.0721. The van der Waals surface area contributed by atoms with Crippen molar-refractivity contribution in [3.8, 4) is 11.5 Å². The molecule has 0 spiro atoms. The van der Waals surface area contributed by atoms with Crippen LogP contribution in [0.1, 0.15) is 22.7 Å². The highest BCUT2D eigenvalue weighted by molar-refractivity contribution is 6.31. The Bertz CT molecular complexity index is 672. The van der Waals surface area contributed by atoms with Gasteiger partial charge in [0, 0.05) is 5.02 Å². The van der Waals surface area contributed by atoms with Gasteiger partial charge in [0.1, 0.15) is 6.61 Å². The number of nitrogens with two attached hydrogens (primary N) is 1. The average molecular weight is 304 g/mol. The predicted octanol–water partition coefficient (Wildman–Crippen LogP) is 3.80. The Morgan fingerprint density at radius 1 is 1.14 bits per heavy atom. The van der Waals surface area contributed by atoms with E-state index in [9.17, 15) is 0 Å². The second kappa shape index (κ2) is 5.58. The average Bonchev–Trinajstić information content (AvgIpc) is 2.50. The van der Waals surface area contributed by atoms with Crippen LogP contribution in [0.25, 0.3) is 0 Å². The summed E-state index contributed by atoms with van der Waals surface area (Å²) in [4.78, 5) is 0. The van der Waals surface area contributed by atoms with Crippen molar-refractivity contribution >= 4 is 11.6 Å². The molecule has 0 aromatic heterocycles. The lowest BCUT2D eigenvalue weighted by atomic mass is 9.97. The maximum absolute atomic E-state index is 6.36. The largest absolute Gasteiger partial charge is 0.486 e. The molecule has 4 heteroatoms. The molecule has 0 radical (unpaired) electrons. The van der Waals surface area contributed by atoms with Gasteiger partial charge >= 0.3 is 0 Å². The molecule has 2 N–H and O–H groups in total. The van der Waals surface area contributed by atoms with E-state index in [-0.39, 0.29) is 12.1 Å². The number of rotatable bonds is 2. The summed E-state index contributed by atoms with van der Waals surface area (Å²) in [6.07, 6.45) is -0.250. The smallest absolute Gasteiger partial charge is 0.161 e. The second-order valence-corrected chi connectivity index (χ2v) is 5.81. The van der Waals surface area contributed by atoms with Crippen LogP contribution in [0.5, 0.6) is 11.5 Å². The van der Waals surface area contributed by atoms with E-state index in [1.54, 1.807) is 0 Å². The van der Waals surface area contributed by atoms with Gasteiger partial charge in [0.25, 0.3) is 0 Å². The van der Waals surface area contributed by atoms with Gasteiger partial charge in [0.05, 0.1) is 6.04 Å². The summed E-state index contributed by atoms with van der Waals surface area (Å²) in [5.41, 5.74) is 9.58. The van der Waals surface area contributed by atoms with Crippen molar-refractivity contribution in [2.24, 2.45) is 5.73 Å². The number of aryl methyl sites for hydroxylation is 2. The van der Waals surface area contributed by atoms with Crippen molar-refractivity contribution < 1.29 is 9.47 Å². The first kappa shape index (κ1) is 14.2. The summed E-state index contributed by atoms with van der Waals surface area (Å²) in [5, 5.41) is 0.674. The van der Waals surface area contributed by atoms with Crippen LogP contribution in [-0.2, 0) is 0 Å². The Labute approximate surface area is 129 Å². The van der Waals surface area contributed by atoms with Crippen molar-refractivity contribution in [1.82, 2.24) is 0 Å². The second-order valence-electron chi connectivity index (χ2n) is 5.40. The summed E-state index contributed by atoms with van der Waals surface area (Å²) in [7, 11) is 0. The van der Waals surface area contributed by atoms with Crippen LogP contribution in [0.3, 0.4) is 0 Å². The van der Waals surface area contributed by atoms with Crippen LogP contribution in [0.2, 0.25) is 5.02 Å². The van der Waals surface area contributed by atoms with Gasteiger partial charge in [-0.1, -0.05) is 29.8 Å². The van der Waals surface area contributed by atoms with E-state index in [1.165, 1.54) is 5.56 Å². The van der Waals surface area contributed by atoms with Crippen LogP contribution in [0.15, 0.2) is 36.4 Å². The number of para-hydroxylation sites is 2. The first-order chi connectivity index (χ1) is 10.1. The number of ether oxygens (including phenoxy) is 2. The molecule has 0 fully saturated rings. The SMILES string of the molecule is Cc1cc(Cl)c(C(N)C2COc3ccccc3O2)cc1C. The van der Waals surface area contributed by atoms with Gasteiger partial charge in [0.15, 0.2) is 17.6 Å². The van der Waals surface area contributed by atoms with Gasteiger partial charge in [-0.2, -0.15) is 0 Å². The summed E-state index contributed by atoms with van der Waals surface area (Å²) >= 11 is 6.34. The van der Waals surface area contributed by atoms with E-state index in [2.05, 4.69) is 6.92 Å². The lowest BCUT2D eigenvalue weighted by Gasteiger charge is -2.31. The van der Waals surface area contributed by atoms with Crippen LogP contribution in [0.4, 0.5) is 0 Å². The van der Waals surface area contributed by atoms with Crippen molar-refractivity contribution in [3.05, 3.63) is 58.1 Å². The van der Waals surface area contributed by atoms with E-state index < -0.39 is 0 Å². The molecule has 3 rings (SSSR count). The highest BCUT2D eigenvalue weighted by Gasteiger charge is 2.29. The van der Waals surface area contributed by atoms with Crippen molar-refractivity contribution in [3.63, 3.8) is 0 Å². The standard InChI is InChI=1S/C17H18ClNO2/c1-10-7-12(13(18)8-11(10)2)17(19)16-9-20-14-5-3-4-6-15(14)21-16/h3-8,16-17H,9,19H2,1-2H3. The fourth-order valence-electron chi connectivity index (χ4n) is 2.47. The molecule has 1 aliphatic heterocycles. The van der Waals surface area contributed by atoms with Crippen LogP contribution in [0, 0.1) is 13.8 Å². The Kier molecular flexibility index (Phi) is 3.79. The molecule has 0 saturated carbocycles. The molecular weight excluding hydrogens is 286 g/mol. The number of benzene rings is 2. The predicted molar refractivity (Wildman–Crippen MR) is 84.2 cm³/mol. The number of hydrogen-bond donors (Lipinski definition) is 1. The molecular formula is C17H18ClNO2. The molecule has 1 aliphatic rings. The third-order valence-corrected chi connectivity index (χ3v) is 4.23. The molecule has 1 heterocycles. The van der Waals surface area contributed by atoms with E-state index in [0.717, 1.165) is 22.6 Å². The number of hydrogen-bond acceptors (Lipinski definition) is 3. The molecule has 0 saturated heterocycles. The Balaban J connectivity index is 1.87. The van der Waals surface area contributed by atoms with Gasteiger partial charge in [-0.15, -0.1) is 0 Å². The molecule has 2 unspecified atom stereocenters. The third-order valence-electron chi connectivity index (χ3n) is 3.90. The normalized spacial score (nSPS) is 18.4. The summed E-state index contributed by atoms with van der Waals surface area (Å²) in [6.45, 7) is 4.50. The molecule has 110 valence electrons. The van der Waals surface area contributed by atoms with Crippen molar-refractivity contribution in [2.45, 2.75) is 26.0 Å². The first-order valence-corrected chi connectivity index (χ1v) is 7.35. The minimum atomic E-state index is -0.329. The van der Waals surface area contributed by atoms with Gasteiger partial charge in [0.2, 0.25) is 0 Å². The molecule has 0 bridgehead atoms. The van der Waals surface area contributed by atoms with E-state index in [4.69, 9.17) is 26.8 Å². The van der Waals surface area contributed by atoms with Crippen LogP contribution < -0.4 is 15.2 Å². The van der Waals surface area contributed by atoms with E-state index in [0.29, 0.717) is 11.6 Å². The van der Waals surface area contributed by atoms with Crippen molar-refractivity contribution in [1.29, 1.82) is 0 Å². The van der Waals surface area contributed by atoms with E-state index >= 15 is 0 Å². The minimum Gasteiger partial charge on any atom is -0.486 e. The molecule has 3 nitrogen and oxygen atoms in total. The zero-order valence-electron chi connectivity index (χ0n) is 12.1. The van der Waals surface area contributed by atoms with E-state index in [1.807, 2.05) is 43.3 Å². The van der Waals surface area contributed by atoms with Crippen LogP contribution >= 0.6 is 11.6 Å². The minimum absolute atomic E-state index is 0.250. The van der Waals surface area contributed by atoms with Crippen LogP contribution in [-0.4, -0.2) is 12.7 Å². The van der Waals surface area contributed by atoms with Crippen molar-refractivity contribution in [2.75, 3.05) is 6.61 Å². The summed E-state index contributed by atoms with van der Waals surface area (Å²) < 4.78 is 11.7. The molecule has 21 heavy (non-hydrogen) atoms. The van der Waals surface area contributed by atoms with Gasteiger partial charge < -0.3 is 15.2 Å². The Hall–Kier alpha value is -1.71. The maximum Gasteiger partial charge on any atom is 0.161 e. The highest BCUT2D eigenvalue weighted by atomic mass is 35.5. The number of fused-ring (bicyclic) bond motifs is 1. The maximum atomic E-state index is 6.36. The van der Waals surface area contributed by atoms with Gasteiger partial charge in [-0.05, 0) is 48.7 Å². The monoisotopic (exact) mass is 303 g/mol. The summed E-state index contributed by atoms with van der Waals surface area (Å²) in [6, 6.07) is 11.3. The highest BCUT2D eigenvalue weighted by Crippen LogP contribution is 2.35. The zero-order chi connectivity index (χ0) is 15.0. The fraction of sp³-hybridized carbons (Fsp3) is 0.294. The van der Waals surface area contributed by atoms with Gasteiger partial charge in [-0.3, -0.25) is 0 Å².